The molecule has 1 aliphatic rings. The van der Waals surface area contributed by atoms with Crippen LogP contribution in [0, 0.1) is 0 Å². The van der Waals surface area contributed by atoms with Crippen LogP contribution in [0.5, 0.6) is 17.2 Å². The highest BCUT2D eigenvalue weighted by molar-refractivity contribution is 6.50. The zero-order valence-corrected chi connectivity index (χ0v) is 17.9. The standard InChI is InChI=1S/C24H24N2O5/c1-5-10-26-13-16(15-8-6-7-9-17(15)26)21-20(23(27)25-24(21)28)14-11-18(29-2)22(31-4)19(12-14)30-3/h6-9,11-13H,5,10H2,1-4H3,(H,25,27,28). The molecule has 2 heterocycles. The fraction of sp³-hybridized carbons (Fsp3) is 0.250. The van der Waals surface area contributed by atoms with Crippen LogP contribution < -0.4 is 19.5 Å². The lowest BCUT2D eigenvalue weighted by atomic mass is 9.95. The molecule has 31 heavy (non-hydrogen) atoms. The number of hydrogen-bond donors (Lipinski definition) is 1. The predicted molar refractivity (Wildman–Crippen MR) is 118 cm³/mol. The van der Waals surface area contributed by atoms with Gasteiger partial charge in [0.2, 0.25) is 5.75 Å². The Bertz CT molecular complexity index is 1200. The first-order chi connectivity index (χ1) is 15.0. The highest BCUT2D eigenvalue weighted by Gasteiger charge is 2.34. The summed E-state index contributed by atoms with van der Waals surface area (Å²) >= 11 is 0. The third-order valence-electron chi connectivity index (χ3n) is 5.41. The smallest absolute Gasteiger partial charge is 0.259 e. The predicted octanol–water partition coefficient (Wildman–Crippen LogP) is 3.64. The molecule has 1 N–H and O–H groups in total. The van der Waals surface area contributed by atoms with Crippen molar-refractivity contribution < 1.29 is 23.8 Å². The molecule has 0 radical (unpaired) electrons. The third kappa shape index (κ3) is 3.32. The van der Waals surface area contributed by atoms with E-state index in [1.54, 1.807) is 12.1 Å². The minimum atomic E-state index is -0.457. The molecule has 0 atom stereocenters. The van der Waals surface area contributed by atoms with Crippen molar-refractivity contribution in [2.24, 2.45) is 0 Å². The number of hydrogen-bond acceptors (Lipinski definition) is 5. The van der Waals surface area contributed by atoms with Gasteiger partial charge < -0.3 is 18.8 Å². The maximum atomic E-state index is 12.9. The molecule has 0 aliphatic carbocycles. The van der Waals surface area contributed by atoms with Gasteiger partial charge in [-0.15, -0.1) is 0 Å². The van der Waals surface area contributed by atoms with E-state index < -0.39 is 11.8 Å². The summed E-state index contributed by atoms with van der Waals surface area (Å²) in [7, 11) is 4.53. The van der Waals surface area contributed by atoms with E-state index in [0.717, 1.165) is 29.4 Å². The van der Waals surface area contributed by atoms with E-state index in [9.17, 15) is 9.59 Å². The molecule has 160 valence electrons. The minimum absolute atomic E-state index is 0.281. The van der Waals surface area contributed by atoms with Gasteiger partial charge in [-0.05, 0) is 30.2 Å². The minimum Gasteiger partial charge on any atom is -0.493 e. The molecule has 3 aromatic rings. The molecule has 0 saturated heterocycles. The van der Waals surface area contributed by atoms with Crippen molar-refractivity contribution in [3.63, 3.8) is 0 Å². The summed E-state index contributed by atoms with van der Waals surface area (Å²) in [5, 5.41) is 3.37. The molecular weight excluding hydrogens is 396 g/mol. The Morgan fingerprint density at radius 1 is 0.903 bits per heavy atom. The van der Waals surface area contributed by atoms with E-state index in [0.29, 0.717) is 28.4 Å². The Morgan fingerprint density at radius 3 is 2.16 bits per heavy atom. The Kier molecular flexibility index (Phi) is 5.42. The SMILES string of the molecule is CCCn1cc(C2=C(c3cc(OC)c(OC)c(OC)c3)C(=O)NC2=O)c2ccccc21. The second-order valence-corrected chi connectivity index (χ2v) is 7.20. The molecule has 2 aromatic carbocycles. The number of fused-ring (bicyclic) bond motifs is 1. The fourth-order valence-corrected chi connectivity index (χ4v) is 4.08. The van der Waals surface area contributed by atoms with Gasteiger partial charge in [0.25, 0.3) is 11.8 Å². The van der Waals surface area contributed by atoms with E-state index in [-0.39, 0.29) is 5.57 Å². The van der Waals surface area contributed by atoms with Crippen molar-refractivity contribution in [2.75, 3.05) is 21.3 Å². The molecule has 1 aliphatic heterocycles. The first kappa shape index (κ1) is 20.5. The number of aromatic nitrogens is 1. The molecule has 0 spiro atoms. The number of rotatable bonds is 7. The van der Waals surface area contributed by atoms with Crippen LogP contribution in [0.1, 0.15) is 24.5 Å². The maximum Gasteiger partial charge on any atom is 0.259 e. The first-order valence-electron chi connectivity index (χ1n) is 10.0. The quantitative estimate of drug-likeness (QED) is 0.591. The number of imide groups is 1. The number of benzene rings is 2. The highest BCUT2D eigenvalue weighted by Crippen LogP contribution is 2.43. The zero-order chi connectivity index (χ0) is 22.1. The Morgan fingerprint density at radius 2 is 1.55 bits per heavy atom. The molecule has 0 unspecified atom stereocenters. The second kappa shape index (κ2) is 8.18. The zero-order valence-electron chi connectivity index (χ0n) is 17.9. The average Bonchev–Trinajstić information content (AvgIpc) is 3.28. The Hall–Kier alpha value is -3.74. The first-order valence-corrected chi connectivity index (χ1v) is 10.0. The van der Waals surface area contributed by atoms with Gasteiger partial charge in [0.1, 0.15) is 0 Å². The van der Waals surface area contributed by atoms with Gasteiger partial charge in [-0.3, -0.25) is 14.9 Å². The van der Waals surface area contributed by atoms with Crippen LogP contribution >= 0.6 is 0 Å². The number of amides is 2. The number of carbonyl (C=O) groups excluding carboxylic acids is 2. The van der Waals surface area contributed by atoms with Gasteiger partial charge in [-0.2, -0.15) is 0 Å². The summed E-state index contributed by atoms with van der Waals surface area (Å²) in [6, 6.07) is 11.2. The maximum absolute atomic E-state index is 12.9. The lowest BCUT2D eigenvalue weighted by Crippen LogP contribution is -2.22. The number of aryl methyl sites for hydroxylation is 1. The average molecular weight is 420 g/mol. The molecule has 0 saturated carbocycles. The molecule has 4 rings (SSSR count). The number of nitrogens with zero attached hydrogens (tertiary/aromatic N) is 1. The van der Waals surface area contributed by atoms with Crippen molar-refractivity contribution >= 4 is 33.9 Å². The van der Waals surface area contributed by atoms with Crippen LogP contribution in [-0.4, -0.2) is 37.7 Å². The lowest BCUT2D eigenvalue weighted by Gasteiger charge is -2.14. The number of ether oxygens (including phenoxy) is 3. The topological polar surface area (TPSA) is 78.8 Å². The van der Waals surface area contributed by atoms with Gasteiger partial charge in [-0.1, -0.05) is 25.1 Å². The fourth-order valence-electron chi connectivity index (χ4n) is 4.08. The summed E-state index contributed by atoms with van der Waals surface area (Å²) in [6.45, 7) is 2.91. The van der Waals surface area contributed by atoms with Crippen LogP contribution in [0.25, 0.3) is 22.0 Å². The van der Waals surface area contributed by atoms with Crippen molar-refractivity contribution in [3.8, 4) is 17.2 Å². The van der Waals surface area contributed by atoms with E-state index in [2.05, 4.69) is 16.8 Å². The number of nitrogens with one attached hydrogen (secondary N) is 1. The Labute approximate surface area is 180 Å². The summed E-state index contributed by atoms with van der Waals surface area (Å²) in [4.78, 5) is 25.8. The molecule has 7 heteroatoms. The van der Waals surface area contributed by atoms with Crippen molar-refractivity contribution in [1.82, 2.24) is 9.88 Å². The van der Waals surface area contributed by atoms with Crippen LogP contribution in [0.3, 0.4) is 0 Å². The van der Waals surface area contributed by atoms with Crippen LogP contribution in [0.15, 0.2) is 42.6 Å². The van der Waals surface area contributed by atoms with Gasteiger partial charge in [-0.25, -0.2) is 0 Å². The summed E-state index contributed by atoms with van der Waals surface area (Å²) < 4.78 is 18.4. The van der Waals surface area contributed by atoms with E-state index in [4.69, 9.17) is 14.2 Å². The summed E-state index contributed by atoms with van der Waals surface area (Å²) in [5.74, 6) is 0.350. The molecule has 2 amide bonds. The highest BCUT2D eigenvalue weighted by atomic mass is 16.5. The second-order valence-electron chi connectivity index (χ2n) is 7.20. The Balaban J connectivity index is 2.01. The summed E-state index contributed by atoms with van der Waals surface area (Å²) in [5.41, 5.74) is 2.87. The molecular formula is C24H24N2O5. The van der Waals surface area contributed by atoms with Gasteiger partial charge in [0, 0.05) is 29.2 Å². The molecule has 0 bridgehead atoms. The van der Waals surface area contributed by atoms with Crippen LogP contribution in [0.2, 0.25) is 0 Å². The molecule has 1 aromatic heterocycles. The molecule has 0 fully saturated rings. The van der Waals surface area contributed by atoms with E-state index in [1.165, 1.54) is 21.3 Å². The van der Waals surface area contributed by atoms with Crippen molar-refractivity contribution in [2.45, 2.75) is 19.9 Å². The lowest BCUT2D eigenvalue weighted by molar-refractivity contribution is -0.122. The number of carbonyl (C=O) groups is 2. The van der Waals surface area contributed by atoms with Gasteiger partial charge in [0.15, 0.2) is 11.5 Å². The number of para-hydroxylation sites is 1. The number of methoxy groups -OCH3 is 3. The summed E-state index contributed by atoms with van der Waals surface area (Å²) in [6.07, 6.45) is 2.89. The van der Waals surface area contributed by atoms with Crippen molar-refractivity contribution in [3.05, 3.63) is 53.7 Å². The van der Waals surface area contributed by atoms with Crippen molar-refractivity contribution in [1.29, 1.82) is 0 Å². The normalized spacial score (nSPS) is 13.7. The van der Waals surface area contributed by atoms with Gasteiger partial charge >= 0.3 is 0 Å². The van der Waals surface area contributed by atoms with E-state index >= 15 is 0 Å². The van der Waals surface area contributed by atoms with Gasteiger partial charge in [0.05, 0.1) is 32.5 Å². The van der Waals surface area contributed by atoms with E-state index in [1.807, 2.05) is 30.5 Å². The van der Waals surface area contributed by atoms with Crippen LogP contribution in [0.4, 0.5) is 0 Å². The third-order valence-corrected chi connectivity index (χ3v) is 5.41. The monoisotopic (exact) mass is 420 g/mol. The molecule has 7 nitrogen and oxygen atoms in total. The largest absolute Gasteiger partial charge is 0.493 e. The van der Waals surface area contributed by atoms with Crippen LogP contribution in [-0.2, 0) is 16.1 Å².